The van der Waals surface area contributed by atoms with Crippen molar-refractivity contribution in [1.29, 1.82) is 0 Å². The first-order chi connectivity index (χ1) is 9.25. The zero-order chi connectivity index (χ0) is 14.9. The number of hydrogen-bond acceptors (Lipinski definition) is 5. The van der Waals surface area contributed by atoms with Crippen LogP contribution in [0.1, 0.15) is 17.1 Å². The van der Waals surface area contributed by atoms with Crippen LogP contribution in [-0.2, 0) is 6.18 Å². The predicted octanol–water partition coefficient (Wildman–Crippen LogP) is 3.24. The number of nitrogens with zero attached hydrogens (tertiary/aromatic N) is 3. The molecular formula is C12H11F3N4S. The Morgan fingerprint density at radius 1 is 1.10 bits per heavy atom. The molecule has 2 aromatic rings. The van der Waals surface area contributed by atoms with Crippen LogP contribution >= 0.6 is 11.8 Å². The smallest absolute Gasteiger partial charge is 0.397 e. The highest BCUT2D eigenvalue weighted by molar-refractivity contribution is 7.99. The van der Waals surface area contributed by atoms with Gasteiger partial charge in [0.2, 0.25) is 0 Å². The third-order valence-corrected chi connectivity index (χ3v) is 3.29. The van der Waals surface area contributed by atoms with E-state index < -0.39 is 11.9 Å². The van der Waals surface area contributed by atoms with Crippen LogP contribution in [0, 0.1) is 13.8 Å². The van der Waals surface area contributed by atoms with Gasteiger partial charge in [-0.15, -0.1) is 0 Å². The average molecular weight is 300 g/mol. The van der Waals surface area contributed by atoms with E-state index in [1.807, 2.05) is 0 Å². The van der Waals surface area contributed by atoms with Crippen molar-refractivity contribution in [2.45, 2.75) is 30.1 Å². The van der Waals surface area contributed by atoms with Gasteiger partial charge in [-0.1, -0.05) is 0 Å². The van der Waals surface area contributed by atoms with E-state index in [1.54, 1.807) is 19.9 Å². The molecule has 0 aliphatic heterocycles. The average Bonchev–Trinajstić information content (AvgIpc) is 2.29. The van der Waals surface area contributed by atoms with Gasteiger partial charge >= 0.3 is 6.18 Å². The van der Waals surface area contributed by atoms with Gasteiger partial charge in [-0.3, -0.25) is 0 Å². The summed E-state index contributed by atoms with van der Waals surface area (Å²) in [6, 6.07) is 2.68. The summed E-state index contributed by atoms with van der Waals surface area (Å²) in [4.78, 5) is 11.8. The van der Waals surface area contributed by atoms with E-state index in [0.717, 1.165) is 35.4 Å². The molecule has 0 aromatic carbocycles. The molecule has 0 radical (unpaired) electrons. The molecule has 2 N–H and O–H groups in total. The van der Waals surface area contributed by atoms with Crippen LogP contribution in [0.5, 0.6) is 0 Å². The molecule has 4 nitrogen and oxygen atoms in total. The van der Waals surface area contributed by atoms with Gasteiger partial charge in [0.05, 0.1) is 11.9 Å². The fourth-order valence-electron chi connectivity index (χ4n) is 1.53. The third-order valence-electron chi connectivity index (χ3n) is 2.35. The van der Waals surface area contributed by atoms with Crippen LogP contribution in [0.4, 0.5) is 18.9 Å². The molecule has 0 saturated carbocycles. The van der Waals surface area contributed by atoms with Gasteiger partial charge in [0.15, 0.2) is 5.16 Å². The lowest BCUT2D eigenvalue weighted by Gasteiger charge is -2.09. The van der Waals surface area contributed by atoms with Gasteiger partial charge < -0.3 is 5.73 Å². The topological polar surface area (TPSA) is 64.7 Å². The number of anilines is 1. The summed E-state index contributed by atoms with van der Waals surface area (Å²) in [5.41, 5.74) is 6.30. The minimum atomic E-state index is -4.51. The highest BCUT2D eigenvalue weighted by Crippen LogP contribution is 2.35. The van der Waals surface area contributed by atoms with Crippen molar-refractivity contribution in [3.05, 3.63) is 35.4 Å². The lowest BCUT2D eigenvalue weighted by atomic mass is 10.3. The normalized spacial score (nSPS) is 11.7. The summed E-state index contributed by atoms with van der Waals surface area (Å²) in [7, 11) is 0. The first kappa shape index (κ1) is 14.6. The van der Waals surface area contributed by atoms with E-state index >= 15 is 0 Å². The van der Waals surface area contributed by atoms with E-state index in [4.69, 9.17) is 5.73 Å². The van der Waals surface area contributed by atoms with Crippen LogP contribution in [0.2, 0.25) is 0 Å². The van der Waals surface area contributed by atoms with Crippen LogP contribution in [0.3, 0.4) is 0 Å². The molecule has 0 fully saturated rings. The number of halogens is 3. The first-order valence-corrected chi connectivity index (χ1v) is 6.40. The highest BCUT2D eigenvalue weighted by Gasteiger charge is 2.33. The van der Waals surface area contributed by atoms with Gasteiger partial charge in [-0.2, -0.15) is 13.2 Å². The van der Waals surface area contributed by atoms with E-state index in [2.05, 4.69) is 15.0 Å². The molecule has 20 heavy (non-hydrogen) atoms. The van der Waals surface area contributed by atoms with Crippen LogP contribution in [-0.4, -0.2) is 15.0 Å². The second-order valence-electron chi connectivity index (χ2n) is 4.14. The second kappa shape index (κ2) is 5.28. The Hall–Kier alpha value is -1.83. The maximum Gasteiger partial charge on any atom is 0.433 e. The predicted molar refractivity (Wildman–Crippen MR) is 69.3 cm³/mol. The molecule has 0 aliphatic carbocycles. The first-order valence-electron chi connectivity index (χ1n) is 5.58. The Kier molecular flexibility index (Phi) is 3.85. The lowest BCUT2D eigenvalue weighted by Crippen LogP contribution is -2.08. The number of alkyl halides is 3. The number of nitrogens with two attached hydrogens (primary N) is 1. The van der Waals surface area contributed by atoms with Crippen molar-refractivity contribution in [1.82, 2.24) is 15.0 Å². The fourth-order valence-corrected chi connectivity index (χ4v) is 2.45. The van der Waals surface area contributed by atoms with Crippen LogP contribution < -0.4 is 5.73 Å². The van der Waals surface area contributed by atoms with Gasteiger partial charge in [0, 0.05) is 16.3 Å². The molecule has 106 valence electrons. The molecular weight excluding hydrogens is 289 g/mol. The minimum Gasteiger partial charge on any atom is -0.397 e. The molecule has 0 amide bonds. The maximum atomic E-state index is 12.6. The molecule has 2 heterocycles. The third kappa shape index (κ3) is 3.38. The van der Waals surface area contributed by atoms with Gasteiger partial charge in [0.25, 0.3) is 0 Å². The summed E-state index contributed by atoms with van der Waals surface area (Å²) < 4.78 is 37.9. The lowest BCUT2D eigenvalue weighted by molar-refractivity contribution is -0.141. The zero-order valence-corrected chi connectivity index (χ0v) is 11.5. The Morgan fingerprint density at radius 3 is 2.25 bits per heavy atom. The van der Waals surface area contributed by atoms with Crippen molar-refractivity contribution in [2.24, 2.45) is 0 Å². The number of aromatic nitrogens is 3. The van der Waals surface area contributed by atoms with Crippen LogP contribution in [0.25, 0.3) is 0 Å². The zero-order valence-electron chi connectivity index (χ0n) is 10.7. The van der Waals surface area contributed by atoms with Gasteiger partial charge in [-0.25, -0.2) is 15.0 Å². The van der Waals surface area contributed by atoms with Gasteiger partial charge in [-0.05, 0) is 37.7 Å². The molecule has 8 heteroatoms. The SMILES string of the molecule is Cc1cc(C)nc(Sc2cc(C(F)(F)F)ncc2N)n1. The Morgan fingerprint density at radius 2 is 1.70 bits per heavy atom. The monoisotopic (exact) mass is 300 g/mol. The molecule has 0 atom stereocenters. The number of nitrogen functional groups attached to an aromatic ring is 1. The number of hydrogen-bond donors (Lipinski definition) is 1. The van der Waals surface area contributed by atoms with Crippen LogP contribution in [0.15, 0.2) is 28.4 Å². The Labute approximate surface area is 117 Å². The highest BCUT2D eigenvalue weighted by atomic mass is 32.2. The molecule has 0 aliphatic rings. The maximum absolute atomic E-state index is 12.6. The summed E-state index contributed by atoms with van der Waals surface area (Å²) in [6.45, 7) is 3.57. The van der Waals surface area contributed by atoms with Crippen molar-refractivity contribution in [3.8, 4) is 0 Å². The van der Waals surface area contributed by atoms with E-state index in [1.165, 1.54) is 0 Å². The molecule has 0 saturated heterocycles. The Balaban J connectivity index is 2.37. The van der Waals surface area contributed by atoms with E-state index in [9.17, 15) is 13.2 Å². The van der Waals surface area contributed by atoms with E-state index in [0.29, 0.717) is 5.16 Å². The molecule has 2 aromatic heterocycles. The summed E-state index contributed by atoms with van der Waals surface area (Å²) in [5.74, 6) is 0. The summed E-state index contributed by atoms with van der Waals surface area (Å²) >= 11 is 0.986. The summed E-state index contributed by atoms with van der Waals surface area (Å²) in [5, 5.41) is 0.355. The van der Waals surface area contributed by atoms with Crippen molar-refractivity contribution < 1.29 is 13.2 Å². The quantitative estimate of drug-likeness (QED) is 0.863. The number of aryl methyl sites for hydroxylation is 2. The standard InChI is InChI=1S/C12H11F3N4S/c1-6-3-7(2)19-11(18-6)20-9-4-10(12(13,14)15)17-5-8(9)16/h3-5H,16H2,1-2H3. The fraction of sp³-hybridized carbons (Fsp3) is 0.250. The van der Waals surface area contributed by atoms with E-state index in [-0.39, 0.29) is 10.6 Å². The molecule has 0 bridgehead atoms. The van der Waals surface area contributed by atoms with Gasteiger partial charge in [0.1, 0.15) is 5.69 Å². The summed E-state index contributed by atoms with van der Waals surface area (Å²) in [6.07, 6.45) is -3.51. The number of rotatable bonds is 2. The minimum absolute atomic E-state index is 0.158. The number of pyridine rings is 1. The molecule has 0 spiro atoms. The van der Waals surface area contributed by atoms with Crippen molar-refractivity contribution >= 4 is 17.4 Å². The molecule has 2 rings (SSSR count). The second-order valence-corrected chi connectivity index (χ2v) is 5.15. The Bertz CT molecular complexity index is 623. The van der Waals surface area contributed by atoms with Crippen molar-refractivity contribution in [3.63, 3.8) is 0 Å². The molecule has 0 unspecified atom stereocenters. The largest absolute Gasteiger partial charge is 0.433 e. The van der Waals surface area contributed by atoms with Crippen molar-refractivity contribution in [2.75, 3.05) is 5.73 Å².